The van der Waals surface area contributed by atoms with Crippen LogP contribution in [-0.2, 0) is 21.2 Å². The quantitative estimate of drug-likeness (QED) is 0.588. The van der Waals surface area contributed by atoms with E-state index in [1.165, 1.54) is 23.5 Å². The second-order valence-electron chi connectivity index (χ2n) is 7.30. The van der Waals surface area contributed by atoms with Gasteiger partial charge in [-0.25, -0.2) is 8.42 Å². The van der Waals surface area contributed by atoms with Crippen LogP contribution in [0.15, 0.2) is 83.8 Å². The first-order chi connectivity index (χ1) is 15.0. The summed E-state index contributed by atoms with van der Waals surface area (Å²) in [5.74, 6) is 0.305. The van der Waals surface area contributed by atoms with Crippen molar-refractivity contribution in [3.63, 3.8) is 0 Å². The normalized spacial score (nSPS) is 13.4. The number of amides is 1. The number of methoxy groups -OCH3 is 1. The van der Waals surface area contributed by atoms with E-state index in [-0.39, 0.29) is 17.3 Å². The summed E-state index contributed by atoms with van der Waals surface area (Å²) in [5, 5.41) is 0. The van der Waals surface area contributed by atoms with E-state index in [1.54, 1.807) is 41.3 Å². The van der Waals surface area contributed by atoms with E-state index < -0.39 is 10.0 Å². The maximum atomic E-state index is 13.5. The highest BCUT2D eigenvalue weighted by molar-refractivity contribution is 7.92. The molecular weight excluding hydrogens is 412 g/mol. The number of para-hydroxylation sites is 2. The van der Waals surface area contributed by atoms with Crippen LogP contribution in [0.5, 0.6) is 5.75 Å². The lowest BCUT2D eigenvalue weighted by Gasteiger charge is -2.32. The van der Waals surface area contributed by atoms with E-state index >= 15 is 0 Å². The van der Waals surface area contributed by atoms with Gasteiger partial charge in [0.2, 0.25) is 5.91 Å². The summed E-state index contributed by atoms with van der Waals surface area (Å²) in [7, 11) is -2.44. The van der Waals surface area contributed by atoms with Crippen molar-refractivity contribution in [2.24, 2.45) is 0 Å². The molecule has 1 aliphatic heterocycles. The number of ether oxygens (including phenoxy) is 1. The summed E-state index contributed by atoms with van der Waals surface area (Å²) in [5.41, 5.74) is 2.40. The number of rotatable bonds is 6. The monoisotopic (exact) mass is 436 g/mol. The number of sulfonamides is 1. The summed E-state index contributed by atoms with van der Waals surface area (Å²) >= 11 is 0. The van der Waals surface area contributed by atoms with Gasteiger partial charge < -0.3 is 9.64 Å². The van der Waals surface area contributed by atoms with Crippen LogP contribution in [0, 0.1) is 0 Å². The number of carbonyl (C=O) groups is 1. The Morgan fingerprint density at radius 3 is 2.35 bits per heavy atom. The van der Waals surface area contributed by atoms with E-state index in [9.17, 15) is 13.2 Å². The first kappa shape index (κ1) is 20.9. The van der Waals surface area contributed by atoms with Crippen molar-refractivity contribution in [3.05, 3.63) is 84.4 Å². The number of anilines is 2. The van der Waals surface area contributed by atoms with Gasteiger partial charge in [-0.15, -0.1) is 0 Å². The number of hydrogen-bond acceptors (Lipinski definition) is 4. The third kappa shape index (κ3) is 4.27. The molecule has 3 aromatic rings. The van der Waals surface area contributed by atoms with Crippen LogP contribution in [0.3, 0.4) is 0 Å². The van der Waals surface area contributed by atoms with Gasteiger partial charge in [0.05, 0.1) is 17.7 Å². The maximum Gasteiger partial charge on any atom is 0.264 e. The molecule has 31 heavy (non-hydrogen) atoms. The van der Waals surface area contributed by atoms with Crippen LogP contribution in [0.4, 0.5) is 11.4 Å². The smallest absolute Gasteiger partial charge is 0.264 e. The molecule has 7 heteroatoms. The summed E-state index contributed by atoms with van der Waals surface area (Å²) in [6.07, 6.45) is 1.76. The highest BCUT2D eigenvalue weighted by atomic mass is 32.2. The van der Waals surface area contributed by atoms with Gasteiger partial charge >= 0.3 is 0 Å². The van der Waals surface area contributed by atoms with E-state index in [4.69, 9.17) is 4.74 Å². The Labute approximate surface area is 182 Å². The first-order valence-corrected chi connectivity index (χ1v) is 11.5. The van der Waals surface area contributed by atoms with Crippen molar-refractivity contribution >= 4 is 27.3 Å². The van der Waals surface area contributed by atoms with Gasteiger partial charge in [0, 0.05) is 12.2 Å². The molecule has 0 saturated heterocycles. The zero-order chi connectivity index (χ0) is 21.8. The number of benzene rings is 3. The molecule has 0 unspecified atom stereocenters. The lowest BCUT2D eigenvalue weighted by atomic mass is 10.0. The molecule has 3 aromatic carbocycles. The van der Waals surface area contributed by atoms with Gasteiger partial charge in [-0.3, -0.25) is 9.10 Å². The minimum absolute atomic E-state index is 0.101. The summed E-state index contributed by atoms with van der Waals surface area (Å²) < 4.78 is 33.3. The minimum Gasteiger partial charge on any atom is -0.497 e. The van der Waals surface area contributed by atoms with Crippen molar-refractivity contribution < 1.29 is 17.9 Å². The third-order valence-electron chi connectivity index (χ3n) is 5.38. The van der Waals surface area contributed by atoms with Crippen molar-refractivity contribution in [3.8, 4) is 5.75 Å². The molecule has 0 bridgehead atoms. The van der Waals surface area contributed by atoms with E-state index in [2.05, 4.69) is 0 Å². The van der Waals surface area contributed by atoms with Gasteiger partial charge in [0.15, 0.2) is 0 Å². The maximum absolute atomic E-state index is 13.5. The largest absolute Gasteiger partial charge is 0.497 e. The zero-order valence-electron chi connectivity index (χ0n) is 17.3. The number of aryl methyl sites for hydroxylation is 1. The molecule has 0 spiro atoms. The van der Waals surface area contributed by atoms with Crippen molar-refractivity contribution in [1.29, 1.82) is 0 Å². The van der Waals surface area contributed by atoms with Crippen molar-refractivity contribution in [1.82, 2.24) is 0 Å². The van der Waals surface area contributed by atoms with Crippen LogP contribution in [-0.4, -0.2) is 34.5 Å². The third-order valence-corrected chi connectivity index (χ3v) is 7.17. The SMILES string of the molecule is COc1ccc(S(=O)(=O)N(CC(=O)N2CCCc3ccccc32)c2ccccc2)cc1. The van der Waals surface area contributed by atoms with Gasteiger partial charge in [-0.05, 0) is 60.9 Å². The van der Waals surface area contributed by atoms with Crippen molar-refractivity contribution in [2.75, 3.05) is 29.4 Å². The number of fused-ring (bicyclic) bond motifs is 1. The molecular formula is C24H24N2O4S. The number of carbonyl (C=O) groups excluding carboxylic acids is 1. The molecule has 160 valence electrons. The predicted molar refractivity (Wildman–Crippen MR) is 121 cm³/mol. The van der Waals surface area contributed by atoms with Crippen molar-refractivity contribution in [2.45, 2.75) is 17.7 Å². The first-order valence-electron chi connectivity index (χ1n) is 10.1. The molecule has 0 radical (unpaired) electrons. The Hall–Kier alpha value is -3.32. The van der Waals surface area contributed by atoms with Crippen LogP contribution in [0.25, 0.3) is 0 Å². The summed E-state index contributed by atoms with van der Waals surface area (Å²) in [4.78, 5) is 15.1. The average molecular weight is 437 g/mol. The van der Waals surface area contributed by atoms with E-state index in [0.29, 0.717) is 18.0 Å². The lowest BCUT2D eigenvalue weighted by molar-refractivity contribution is -0.117. The van der Waals surface area contributed by atoms with Crippen LogP contribution in [0.1, 0.15) is 12.0 Å². The van der Waals surface area contributed by atoms with E-state index in [1.807, 2.05) is 30.3 Å². The van der Waals surface area contributed by atoms with Crippen LogP contribution < -0.4 is 13.9 Å². The molecule has 1 aliphatic rings. The molecule has 6 nitrogen and oxygen atoms in total. The fourth-order valence-corrected chi connectivity index (χ4v) is 5.20. The fraction of sp³-hybridized carbons (Fsp3) is 0.208. The van der Waals surface area contributed by atoms with Gasteiger partial charge in [-0.1, -0.05) is 36.4 Å². The standard InChI is InChI=1S/C24H24N2O4S/c1-30-21-13-15-22(16-14-21)31(28,29)26(20-10-3-2-4-11-20)18-24(27)25-17-7-9-19-8-5-6-12-23(19)25/h2-6,8,10-16H,7,9,17-18H2,1H3. The fourth-order valence-electron chi connectivity index (χ4n) is 3.79. The molecule has 0 aromatic heterocycles. The minimum atomic E-state index is -3.96. The van der Waals surface area contributed by atoms with Gasteiger partial charge in [0.1, 0.15) is 12.3 Å². The molecule has 0 fully saturated rings. The molecule has 1 amide bonds. The second kappa shape index (κ2) is 8.81. The van der Waals surface area contributed by atoms with E-state index in [0.717, 1.165) is 24.1 Å². The molecule has 0 atom stereocenters. The highest BCUT2D eigenvalue weighted by Gasteiger charge is 2.30. The molecule has 0 aliphatic carbocycles. The zero-order valence-corrected chi connectivity index (χ0v) is 18.1. The second-order valence-corrected chi connectivity index (χ2v) is 9.16. The van der Waals surface area contributed by atoms with Gasteiger partial charge in [0.25, 0.3) is 10.0 Å². The molecule has 0 N–H and O–H groups in total. The number of hydrogen-bond donors (Lipinski definition) is 0. The lowest BCUT2D eigenvalue weighted by Crippen LogP contribution is -2.45. The predicted octanol–water partition coefficient (Wildman–Crippen LogP) is 3.87. The summed E-state index contributed by atoms with van der Waals surface area (Å²) in [6.45, 7) is 0.285. The number of nitrogens with zero attached hydrogens (tertiary/aromatic N) is 2. The average Bonchev–Trinajstić information content (AvgIpc) is 2.82. The Morgan fingerprint density at radius 2 is 1.65 bits per heavy atom. The summed E-state index contributed by atoms with van der Waals surface area (Å²) in [6, 6.07) is 22.7. The Morgan fingerprint density at radius 1 is 0.968 bits per heavy atom. The highest BCUT2D eigenvalue weighted by Crippen LogP contribution is 2.29. The van der Waals surface area contributed by atoms with Crippen LogP contribution >= 0.6 is 0 Å². The van der Waals surface area contributed by atoms with Gasteiger partial charge in [-0.2, -0.15) is 0 Å². The Bertz CT molecular complexity index is 1160. The van der Waals surface area contributed by atoms with Crippen LogP contribution in [0.2, 0.25) is 0 Å². The topological polar surface area (TPSA) is 66.9 Å². The Balaban J connectivity index is 1.69. The molecule has 4 rings (SSSR count). The Kier molecular flexibility index (Phi) is 5.95. The molecule has 0 saturated carbocycles. The molecule has 1 heterocycles.